The molecule has 0 aliphatic carbocycles. The summed E-state index contributed by atoms with van der Waals surface area (Å²) in [5.41, 5.74) is 5.16. The number of rotatable bonds is 8. The molecule has 1 aromatic heterocycles. The van der Waals surface area contributed by atoms with Crippen molar-refractivity contribution in [2.75, 3.05) is 11.9 Å². The highest BCUT2D eigenvalue weighted by atomic mass is 32.1. The summed E-state index contributed by atoms with van der Waals surface area (Å²) >= 11 is 1.59. The first-order valence-electron chi connectivity index (χ1n) is 13.1. The second kappa shape index (κ2) is 11.8. The van der Waals surface area contributed by atoms with E-state index in [1.165, 1.54) is 11.8 Å². The van der Waals surface area contributed by atoms with Crippen LogP contribution in [0.1, 0.15) is 72.2 Å². The maximum atomic E-state index is 13.5. The van der Waals surface area contributed by atoms with Gasteiger partial charge in [0.15, 0.2) is 0 Å². The fourth-order valence-electron chi connectivity index (χ4n) is 4.74. The molecule has 9 nitrogen and oxygen atoms in total. The van der Waals surface area contributed by atoms with Crippen molar-refractivity contribution in [2.24, 2.45) is 5.41 Å². The van der Waals surface area contributed by atoms with Crippen LogP contribution in [0, 0.1) is 12.3 Å². The number of hydrogen-bond donors (Lipinski definition) is 4. The third kappa shape index (κ3) is 6.91. The van der Waals surface area contributed by atoms with Gasteiger partial charge in [-0.25, -0.2) is 4.98 Å². The van der Waals surface area contributed by atoms with E-state index in [1.807, 2.05) is 58.3 Å². The zero-order valence-electron chi connectivity index (χ0n) is 23.6. The van der Waals surface area contributed by atoms with Crippen LogP contribution < -0.4 is 16.0 Å². The fourth-order valence-corrected chi connectivity index (χ4v) is 5.58. The highest BCUT2D eigenvalue weighted by Crippen LogP contribution is 2.36. The molecule has 0 unspecified atom stereocenters. The van der Waals surface area contributed by atoms with E-state index >= 15 is 0 Å². The number of aliphatic hydroxyl groups is 1. The van der Waals surface area contributed by atoms with Crippen LogP contribution in [0.2, 0.25) is 0 Å². The number of benzene rings is 1. The quantitative estimate of drug-likeness (QED) is 0.403. The number of carbonyl (C=O) groups excluding carboxylic acids is 3. The normalized spacial score (nSPS) is 19.3. The summed E-state index contributed by atoms with van der Waals surface area (Å²) in [6.07, 6.45) is -0.669. The molecule has 0 saturated carbocycles. The van der Waals surface area contributed by atoms with E-state index in [2.05, 4.69) is 34.8 Å². The van der Waals surface area contributed by atoms with Crippen LogP contribution in [0.3, 0.4) is 0 Å². The minimum atomic E-state index is -0.828. The molecule has 0 spiro atoms. The van der Waals surface area contributed by atoms with Crippen LogP contribution in [0.4, 0.5) is 5.69 Å². The van der Waals surface area contributed by atoms with E-state index < -0.39 is 23.6 Å². The Morgan fingerprint density at radius 3 is 2.39 bits per heavy atom. The fraction of sp³-hybridized carbons (Fsp3) is 0.571. The summed E-state index contributed by atoms with van der Waals surface area (Å²) < 4.78 is 0. The van der Waals surface area contributed by atoms with E-state index in [9.17, 15) is 19.5 Å². The Morgan fingerprint density at radius 1 is 1.16 bits per heavy atom. The van der Waals surface area contributed by atoms with Crippen LogP contribution in [-0.2, 0) is 14.4 Å². The van der Waals surface area contributed by atoms with Gasteiger partial charge in [0, 0.05) is 37.2 Å². The molecule has 1 saturated heterocycles. The molecule has 1 fully saturated rings. The van der Waals surface area contributed by atoms with E-state index in [4.69, 9.17) is 0 Å². The van der Waals surface area contributed by atoms with Crippen LogP contribution in [0.25, 0.3) is 10.4 Å². The predicted molar refractivity (Wildman–Crippen MR) is 151 cm³/mol. The molecule has 1 aromatic carbocycles. The van der Waals surface area contributed by atoms with Gasteiger partial charge in [0.1, 0.15) is 12.1 Å². The number of aryl methyl sites for hydroxylation is 1. The number of likely N-dealkylation sites (tertiary alicyclic amines) is 1. The van der Waals surface area contributed by atoms with Crippen molar-refractivity contribution in [1.82, 2.24) is 20.5 Å². The second-order valence-corrected chi connectivity index (χ2v) is 12.4. The van der Waals surface area contributed by atoms with Gasteiger partial charge in [-0.15, -0.1) is 11.3 Å². The van der Waals surface area contributed by atoms with Crippen molar-refractivity contribution in [2.45, 2.75) is 92.1 Å². The third-order valence-electron chi connectivity index (χ3n) is 6.66. The first-order valence-corrected chi connectivity index (χ1v) is 13.9. The molecule has 4 atom stereocenters. The lowest BCUT2D eigenvalue weighted by Crippen LogP contribution is -2.57. The van der Waals surface area contributed by atoms with E-state index in [-0.39, 0.29) is 42.8 Å². The van der Waals surface area contributed by atoms with E-state index in [0.717, 1.165) is 27.4 Å². The predicted octanol–water partition coefficient (Wildman–Crippen LogP) is 3.63. The molecule has 2 heterocycles. The zero-order chi connectivity index (χ0) is 28.4. The molecular weight excluding hydrogens is 502 g/mol. The number of amides is 3. The molecule has 3 amide bonds. The first-order chi connectivity index (χ1) is 17.7. The highest BCUT2D eigenvalue weighted by Gasteiger charge is 2.44. The number of aliphatic hydroxyl groups excluding tert-OH is 1. The molecule has 3 rings (SSSR count). The van der Waals surface area contributed by atoms with Gasteiger partial charge in [-0.3, -0.25) is 14.4 Å². The molecule has 208 valence electrons. The lowest BCUT2D eigenvalue weighted by Gasteiger charge is -2.35. The number of β-amino-alcohol motifs (C(OH)–C–C–N with tert-alkyl or cyclic N) is 1. The smallest absolute Gasteiger partial charge is 0.246 e. The van der Waals surface area contributed by atoms with Gasteiger partial charge in [-0.05, 0) is 44.7 Å². The largest absolute Gasteiger partial charge is 0.391 e. The Morgan fingerprint density at radius 2 is 1.84 bits per heavy atom. The Balaban J connectivity index is 1.82. The summed E-state index contributed by atoms with van der Waals surface area (Å²) in [7, 11) is 0. The van der Waals surface area contributed by atoms with Gasteiger partial charge >= 0.3 is 0 Å². The number of nitrogens with one attached hydrogen (secondary N) is 3. The molecule has 10 heteroatoms. The Labute approximate surface area is 229 Å². The molecule has 4 N–H and O–H groups in total. The summed E-state index contributed by atoms with van der Waals surface area (Å²) in [4.78, 5) is 45.6. The summed E-state index contributed by atoms with van der Waals surface area (Å²) in [6.45, 7) is 15.0. The minimum absolute atomic E-state index is 0.0445. The van der Waals surface area contributed by atoms with E-state index in [1.54, 1.807) is 11.3 Å². The van der Waals surface area contributed by atoms with Gasteiger partial charge < -0.3 is 26.0 Å². The summed E-state index contributed by atoms with van der Waals surface area (Å²) in [5.74, 6) is -1.03. The average molecular weight is 544 g/mol. The number of thiazole rings is 1. The van der Waals surface area contributed by atoms with Gasteiger partial charge in [-0.1, -0.05) is 32.9 Å². The lowest BCUT2D eigenvalue weighted by atomic mass is 9.85. The first kappa shape index (κ1) is 29.6. The van der Waals surface area contributed by atoms with Crippen molar-refractivity contribution in [1.29, 1.82) is 0 Å². The van der Waals surface area contributed by atoms with Crippen LogP contribution >= 0.6 is 11.3 Å². The monoisotopic (exact) mass is 543 g/mol. The topological polar surface area (TPSA) is 124 Å². The Hall–Kier alpha value is -2.98. The second-order valence-electron chi connectivity index (χ2n) is 11.5. The van der Waals surface area contributed by atoms with Crippen LogP contribution in [0.15, 0.2) is 23.7 Å². The van der Waals surface area contributed by atoms with Crippen molar-refractivity contribution in [3.05, 3.63) is 35.0 Å². The van der Waals surface area contributed by atoms with Gasteiger partial charge in [0.05, 0.1) is 28.2 Å². The van der Waals surface area contributed by atoms with Crippen molar-refractivity contribution in [3.8, 4) is 10.4 Å². The van der Waals surface area contributed by atoms with Gasteiger partial charge in [0.25, 0.3) is 0 Å². The summed E-state index contributed by atoms with van der Waals surface area (Å²) in [5, 5.41) is 19.6. The maximum Gasteiger partial charge on any atom is 0.246 e. The molecule has 1 aliphatic heterocycles. The lowest BCUT2D eigenvalue weighted by molar-refractivity contribution is -0.144. The number of anilines is 1. The molecule has 0 bridgehead atoms. The molecular formula is C28H41N5O4S. The van der Waals surface area contributed by atoms with Crippen LogP contribution in [0.5, 0.6) is 0 Å². The standard InChI is InChI=1S/C28H41N5O4S/c1-15(2)30-22-11-19(9-10-21(22)24-17(4)29-14-38-24)16(3)31-26(36)23-12-20(35)13-33(23)27(37)25(28(6,7)8)32-18(5)34/h9-11,14-16,20,23,25,30,35H,12-13H2,1-8H3,(H,31,36)(H,32,34)/t16-,20+,23-,25+/m0/s1. The average Bonchev–Trinajstić information content (AvgIpc) is 3.41. The molecule has 38 heavy (non-hydrogen) atoms. The highest BCUT2D eigenvalue weighted by molar-refractivity contribution is 7.13. The number of carbonyl (C=O) groups is 3. The van der Waals surface area contributed by atoms with Crippen molar-refractivity contribution < 1.29 is 19.5 Å². The van der Waals surface area contributed by atoms with Crippen LogP contribution in [-0.4, -0.2) is 63.5 Å². The zero-order valence-corrected chi connectivity index (χ0v) is 24.4. The summed E-state index contributed by atoms with van der Waals surface area (Å²) in [6, 6.07) is 4.30. The number of aromatic nitrogens is 1. The van der Waals surface area contributed by atoms with Crippen molar-refractivity contribution in [3.63, 3.8) is 0 Å². The number of nitrogens with zero attached hydrogens (tertiary/aromatic N) is 2. The Bertz CT molecular complexity index is 1170. The maximum absolute atomic E-state index is 13.5. The molecule has 2 aromatic rings. The van der Waals surface area contributed by atoms with Gasteiger partial charge in [0.2, 0.25) is 17.7 Å². The third-order valence-corrected chi connectivity index (χ3v) is 7.62. The molecule has 0 radical (unpaired) electrons. The van der Waals surface area contributed by atoms with E-state index in [0.29, 0.717) is 0 Å². The Kier molecular flexibility index (Phi) is 9.20. The molecule has 1 aliphatic rings. The van der Waals surface area contributed by atoms with Crippen molar-refractivity contribution >= 4 is 34.7 Å². The minimum Gasteiger partial charge on any atom is -0.391 e. The SMILES string of the molecule is CC(=O)N[C@H](C(=O)N1C[C@H](O)C[C@H]1C(=O)N[C@@H](C)c1ccc(-c2scnc2C)c(NC(C)C)c1)C(C)(C)C. The number of hydrogen-bond acceptors (Lipinski definition) is 7. The van der Waals surface area contributed by atoms with Gasteiger partial charge in [-0.2, -0.15) is 0 Å².